The van der Waals surface area contributed by atoms with E-state index in [-0.39, 0.29) is 0 Å². The van der Waals surface area contributed by atoms with Gasteiger partial charge in [0.25, 0.3) is 0 Å². The molecule has 0 aliphatic carbocycles. The van der Waals surface area contributed by atoms with Crippen LogP contribution in [0.1, 0.15) is 5.56 Å². The number of benzene rings is 1. The smallest absolute Gasteiger partial charge is 0.216 e. The summed E-state index contributed by atoms with van der Waals surface area (Å²) in [5, 5.41) is 11.3. The Morgan fingerprint density at radius 1 is 1.19 bits per heavy atom. The number of hydrogen-bond donors (Lipinski definition) is 1. The van der Waals surface area contributed by atoms with Crippen LogP contribution in [-0.4, -0.2) is 26.1 Å². The molecule has 2 heterocycles. The summed E-state index contributed by atoms with van der Waals surface area (Å²) in [4.78, 5) is 4.26. The highest BCUT2D eigenvalue weighted by molar-refractivity contribution is 9.10. The van der Waals surface area contributed by atoms with Crippen LogP contribution in [0.15, 0.2) is 58.2 Å². The molecule has 3 aromatic rings. The Balaban J connectivity index is 1.98. The fourth-order valence-corrected chi connectivity index (χ4v) is 2.18. The summed E-state index contributed by atoms with van der Waals surface area (Å²) in [5.74, 6) is 0.578. The van der Waals surface area contributed by atoms with E-state index >= 15 is 0 Å². The minimum atomic E-state index is 0.420. The van der Waals surface area contributed by atoms with Gasteiger partial charge in [-0.2, -0.15) is 14.9 Å². The molecule has 1 aromatic carbocycles. The van der Waals surface area contributed by atoms with Gasteiger partial charge in [-0.15, -0.1) is 0 Å². The molecule has 0 aliphatic rings. The average molecular weight is 360 g/mol. The Labute approximate surface area is 134 Å². The van der Waals surface area contributed by atoms with Crippen LogP contribution >= 0.6 is 28.1 Å². The van der Waals surface area contributed by atoms with Gasteiger partial charge in [-0.1, -0.05) is 34.1 Å². The first-order chi connectivity index (χ1) is 10.2. The Kier molecular flexibility index (Phi) is 4.03. The van der Waals surface area contributed by atoms with Crippen LogP contribution < -0.4 is 0 Å². The van der Waals surface area contributed by atoms with Crippen LogP contribution in [0.2, 0.25) is 0 Å². The van der Waals surface area contributed by atoms with Crippen molar-refractivity contribution >= 4 is 34.4 Å². The van der Waals surface area contributed by atoms with Crippen molar-refractivity contribution in [3.63, 3.8) is 0 Å². The molecule has 0 unspecified atom stereocenters. The van der Waals surface area contributed by atoms with Crippen molar-refractivity contribution in [2.45, 2.75) is 0 Å². The molecule has 0 saturated heterocycles. The summed E-state index contributed by atoms with van der Waals surface area (Å²) in [6, 6.07) is 13.4. The monoisotopic (exact) mass is 359 g/mol. The fraction of sp³-hybridized carbons (Fsp3) is 0. The first-order valence-electron chi connectivity index (χ1n) is 6.13. The normalized spacial score (nSPS) is 11.1. The van der Waals surface area contributed by atoms with Crippen molar-refractivity contribution < 1.29 is 0 Å². The molecule has 104 valence electrons. The SMILES string of the molecule is S=c1[nH]nc(-c2ccccn2)n1/N=C\c1ccc(Br)cc1. The maximum Gasteiger partial charge on any atom is 0.216 e. The summed E-state index contributed by atoms with van der Waals surface area (Å²) in [5.41, 5.74) is 1.67. The maximum atomic E-state index is 5.20. The number of aromatic amines is 1. The largest absolute Gasteiger partial charge is 0.253 e. The van der Waals surface area contributed by atoms with Crippen molar-refractivity contribution in [3.05, 3.63) is 63.5 Å². The number of rotatable bonds is 3. The van der Waals surface area contributed by atoms with Gasteiger partial charge in [-0.3, -0.25) is 4.98 Å². The zero-order valence-electron chi connectivity index (χ0n) is 10.8. The molecule has 1 N–H and O–H groups in total. The van der Waals surface area contributed by atoms with Crippen LogP contribution in [0.4, 0.5) is 0 Å². The third kappa shape index (κ3) is 3.14. The van der Waals surface area contributed by atoms with Gasteiger partial charge in [0, 0.05) is 10.7 Å². The van der Waals surface area contributed by atoms with Gasteiger partial charge >= 0.3 is 0 Å². The number of halogens is 1. The number of pyridine rings is 1. The summed E-state index contributed by atoms with van der Waals surface area (Å²) < 4.78 is 3.00. The molecular weight excluding hydrogens is 350 g/mol. The van der Waals surface area contributed by atoms with E-state index < -0.39 is 0 Å². The lowest BCUT2D eigenvalue weighted by Crippen LogP contribution is -1.96. The molecule has 2 aromatic heterocycles. The Morgan fingerprint density at radius 2 is 2.00 bits per heavy atom. The van der Waals surface area contributed by atoms with Gasteiger partial charge in [0.05, 0.1) is 6.21 Å². The van der Waals surface area contributed by atoms with Gasteiger partial charge in [0.1, 0.15) is 5.69 Å². The molecule has 7 heteroatoms. The molecule has 0 saturated carbocycles. The maximum absolute atomic E-state index is 5.20. The van der Waals surface area contributed by atoms with Gasteiger partial charge in [0.15, 0.2) is 0 Å². The van der Waals surface area contributed by atoms with Gasteiger partial charge in [0.2, 0.25) is 10.6 Å². The van der Waals surface area contributed by atoms with Crippen molar-refractivity contribution in [1.29, 1.82) is 0 Å². The number of H-pyrrole nitrogens is 1. The summed E-state index contributed by atoms with van der Waals surface area (Å²) >= 11 is 8.60. The van der Waals surface area contributed by atoms with Crippen LogP contribution in [0.5, 0.6) is 0 Å². The second kappa shape index (κ2) is 6.11. The third-order valence-electron chi connectivity index (χ3n) is 2.74. The minimum absolute atomic E-state index is 0.420. The van der Waals surface area contributed by atoms with E-state index in [0.29, 0.717) is 16.3 Å². The van der Waals surface area contributed by atoms with Crippen molar-refractivity contribution in [3.8, 4) is 11.5 Å². The number of aromatic nitrogens is 4. The van der Waals surface area contributed by atoms with Crippen molar-refractivity contribution in [1.82, 2.24) is 19.9 Å². The van der Waals surface area contributed by atoms with Crippen LogP contribution in [0.3, 0.4) is 0 Å². The van der Waals surface area contributed by atoms with E-state index in [4.69, 9.17) is 12.2 Å². The highest BCUT2D eigenvalue weighted by Gasteiger charge is 2.08. The highest BCUT2D eigenvalue weighted by atomic mass is 79.9. The molecule has 3 rings (SSSR count). The van der Waals surface area contributed by atoms with Gasteiger partial charge in [-0.05, 0) is 42.0 Å². The number of nitrogens with zero attached hydrogens (tertiary/aromatic N) is 4. The average Bonchev–Trinajstić information content (AvgIpc) is 2.89. The van der Waals surface area contributed by atoms with E-state index in [1.54, 1.807) is 17.1 Å². The molecule has 21 heavy (non-hydrogen) atoms. The lowest BCUT2D eigenvalue weighted by molar-refractivity contribution is 0.867. The quantitative estimate of drug-likeness (QED) is 0.573. The molecule has 5 nitrogen and oxygen atoms in total. The summed E-state index contributed by atoms with van der Waals surface area (Å²) in [6.45, 7) is 0. The molecular formula is C14H10BrN5S. The zero-order valence-corrected chi connectivity index (χ0v) is 13.2. The lowest BCUT2D eigenvalue weighted by atomic mass is 10.2. The molecule has 0 spiro atoms. The summed E-state index contributed by atoms with van der Waals surface area (Å²) in [6.07, 6.45) is 3.43. The molecule has 0 atom stereocenters. The number of hydrogen-bond acceptors (Lipinski definition) is 4. The first kappa shape index (κ1) is 13.8. The van der Waals surface area contributed by atoms with Crippen LogP contribution in [-0.2, 0) is 0 Å². The van der Waals surface area contributed by atoms with Crippen LogP contribution in [0, 0.1) is 4.77 Å². The Morgan fingerprint density at radius 3 is 2.71 bits per heavy atom. The summed E-state index contributed by atoms with van der Waals surface area (Å²) in [7, 11) is 0. The third-order valence-corrected chi connectivity index (χ3v) is 3.53. The predicted molar refractivity (Wildman–Crippen MR) is 87.8 cm³/mol. The van der Waals surface area contributed by atoms with Gasteiger partial charge < -0.3 is 0 Å². The van der Waals surface area contributed by atoms with Crippen molar-refractivity contribution in [2.75, 3.05) is 0 Å². The molecule has 0 amide bonds. The van der Waals surface area contributed by atoms with E-state index in [2.05, 4.69) is 36.2 Å². The fourth-order valence-electron chi connectivity index (χ4n) is 1.73. The molecule has 0 fully saturated rings. The number of nitrogens with one attached hydrogen (secondary N) is 1. The van der Waals surface area contributed by atoms with Crippen molar-refractivity contribution in [2.24, 2.45) is 5.10 Å². The predicted octanol–water partition coefficient (Wildman–Crippen LogP) is 3.65. The first-order valence-corrected chi connectivity index (χ1v) is 7.33. The topological polar surface area (TPSA) is 58.9 Å². The molecule has 0 bridgehead atoms. The van der Waals surface area contributed by atoms with E-state index in [0.717, 1.165) is 10.0 Å². The molecule has 0 aliphatic heterocycles. The van der Waals surface area contributed by atoms with E-state index in [1.165, 1.54) is 0 Å². The van der Waals surface area contributed by atoms with Crippen LogP contribution in [0.25, 0.3) is 11.5 Å². The zero-order chi connectivity index (χ0) is 14.7. The standard InChI is InChI=1S/C14H10BrN5S/c15-11-6-4-10(5-7-11)9-17-20-13(18-19-14(20)21)12-3-1-2-8-16-12/h1-9H,(H,19,21)/b17-9-. The van der Waals surface area contributed by atoms with E-state index in [1.807, 2.05) is 42.5 Å². The highest BCUT2D eigenvalue weighted by Crippen LogP contribution is 2.14. The second-order valence-electron chi connectivity index (χ2n) is 4.18. The second-order valence-corrected chi connectivity index (χ2v) is 5.48. The Hall–Kier alpha value is -2.12. The van der Waals surface area contributed by atoms with E-state index in [9.17, 15) is 0 Å². The Bertz CT molecular complexity index is 821. The minimum Gasteiger partial charge on any atom is -0.253 e. The lowest BCUT2D eigenvalue weighted by Gasteiger charge is -1.99. The molecule has 0 radical (unpaired) electrons. The van der Waals surface area contributed by atoms with Gasteiger partial charge in [-0.25, -0.2) is 5.10 Å².